The number of amides is 1. The Kier molecular flexibility index (Phi) is 6.84. The van der Waals surface area contributed by atoms with Crippen LogP contribution in [0.5, 0.6) is 17.2 Å². The standard InChI is InChI=1S/C19H23N3O4S/c1-11-7-6-8-14(12(11)2)20-19(27)22-21-18(23)13-9-15(24-3)17(26-5)16(10-13)25-4/h6-10H,1-5H3,(H,21,23)(H2,20,22,27). The van der Waals surface area contributed by atoms with Crippen molar-refractivity contribution in [2.75, 3.05) is 26.6 Å². The molecule has 0 aliphatic carbocycles. The molecule has 2 aromatic rings. The van der Waals surface area contributed by atoms with Gasteiger partial charge in [-0.2, -0.15) is 0 Å². The van der Waals surface area contributed by atoms with Crippen LogP contribution in [-0.2, 0) is 0 Å². The highest BCUT2D eigenvalue weighted by Gasteiger charge is 2.17. The van der Waals surface area contributed by atoms with Gasteiger partial charge in [-0.3, -0.25) is 15.6 Å². The minimum Gasteiger partial charge on any atom is -0.493 e. The van der Waals surface area contributed by atoms with Crippen LogP contribution in [0.15, 0.2) is 30.3 Å². The molecule has 7 nitrogen and oxygen atoms in total. The summed E-state index contributed by atoms with van der Waals surface area (Å²) in [4.78, 5) is 12.4. The first kappa shape index (κ1) is 20.3. The molecule has 144 valence electrons. The lowest BCUT2D eigenvalue weighted by molar-refractivity contribution is 0.0943. The maximum absolute atomic E-state index is 12.4. The molecular weight excluding hydrogens is 366 g/mol. The number of methoxy groups -OCH3 is 3. The lowest BCUT2D eigenvalue weighted by Crippen LogP contribution is -2.43. The molecular formula is C19H23N3O4S. The van der Waals surface area contributed by atoms with Crippen LogP contribution >= 0.6 is 12.2 Å². The summed E-state index contributed by atoms with van der Waals surface area (Å²) in [5.74, 6) is 0.784. The van der Waals surface area contributed by atoms with Crippen molar-refractivity contribution in [2.45, 2.75) is 13.8 Å². The third kappa shape index (κ3) is 4.79. The molecule has 0 spiro atoms. The lowest BCUT2D eigenvalue weighted by Gasteiger charge is -2.16. The van der Waals surface area contributed by atoms with Gasteiger partial charge in [-0.25, -0.2) is 0 Å². The third-order valence-electron chi connectivity index (χ3n) is 4.07. The van der Waals surface area contributed by atoms with Crippen LogP contribution in [0.3, 0.4) is 0 Å². The van der Waals surface area contributed by atoms with E-state index in [2.05, 4.69) is 16.2 Å². The Labute approximate surface area is 164 Å². The zero-order valence-corrected chi connectivity index (χ0v) is 16.7. The molecule has 0 atom stereocenters. The molecule has 2 aromatic carbocycles. The van der Waals surface area contributed by atoms with Crippen molar-refractivity contribution in [2.24, 2.45) is 0 Å². The van der Waals surface area contributed by atoms with E-state index in [1.165, 1.54) is 21.3 Å². The first-order valence-corrected chi connectivity index (χ1v) is 8.55. The van der Waals surface area contributed by atoms with E-state index in [0.717, 1.165) is 16.8 Å². The van der Waals surface area contributed by atoms with E-state index in [1.54, 1.807) is 12.1 Å². The molecule has 0 aromatic heterocycles. The summed E-state index contributed by atoms with van der Waals surface area (Å²) >= 11 is 5.24. The predicted molar refractivity (Wildman–Crippen MR) is 109 cm³/mol. The van der Waals surface area contributed by atoms with Crippen molar-refractivity contribution < 1.29 is 19.0 Å². The van der Waals surface area contributed by atoms with Gasteiger partial charge in [0.15, 0.2) is 16.6 Å². The van der Waals surface area contributed by atoms with E-state index in [9.17, 15) is 4.79 Å². The fourth-order valence-electron chi connectivity index (χ4n) is 2.44. The van der Waals surface area contributed by atoms with Crippen LogP contribution in [0.2, 0.25) is 0 Å². The fraction of sp³-hybridized carbons (Fsp3) is 0.263. The van der Waals surface area contributed by atoms with Gasteiger partial charge in [0.2, 0.25) is 5.75 Å². The number of aryl methyl sites for hydroxylation is 1. The number of thiocarbonyl (C=S) groups is 1. The second-order valence-corrected chi connectivity index (χ2v) is 6.10. The molecule has 0 fully saturated rings. The number of hydrogen-bond donors (Lipinski definition) is 3. The van der Waals surface area contributed by atoms with Gasteiger partial charge in [0.05, 0.1) is 21.3 Å². The van der Waals surface area contributed by atoms with E-state index >= 15 is 0 Å². The number of carbonyl (C=O) groups is 1. The maximum Gasteiger partial charge on any atom is 0.269 e. The molecule has 8 heteroatoms. The van der Waals surface area contributed by atoms with Gasteiger partial charge in [-0.05, 0) is 55.4 Å². The average Bonchev–Trinajstić information content (AvgIpc) is 2.68. The highest BCUT2D eigenvalue weighted by molar-refractivity contribution is 7.80. The van der Waals surface area contributed by atoms with Crippen molar-refractivity contribution in [1.82, 2.24) is 10.9 Å². The summed E-state index contributed by atoms with van der Waals surface area (Å²) in [6.45, 7) is 4.01. The fourth-order valence-corrected chi connectivity index (χ4v) is 2.60. The summed E-state index contributed by atoms with van der Waals surface area (Å²) < 4.78 is 15.8. The molecule has 0 bridgehead atoms. The van der Waals surface area contributed by atoms with E-state index in [1.807, 2.05) is 32.0 Å². The van der Waals surface area contributed by atoms with Crippen molar-refractivity contribution in [3.05, 3.63) is 47.0 Å². The number of rotatable bonds is 5. The first-order valence-electron chi connectivity index (χ1n) is 8.14. The van der Waals surface area contributed by atoms with Crippen LogP contribution in [0.25, 0.3) is 0 Å². The van der Waals surface area contributed by atoms with Gasteiger partial charge in [0.25, 0.3) is 5.91 Å². The average molecular weight is 389 g/mol. The Hall–Kier alpha value is -3.00. The van der Waals surface area contributed by atoms with Crippen LogP contribution < -0.4 is 30.4 Å². The Morgan fingerprint density at radius 2 is 1.59 bits per heavy atom. The van der Waals surface area contributed by atoms with Crippen molar-refractivity contribution in [3.63, 3.8) is 0 Å². The Bertz CT molecular complexity index is 830. The molecule has 0 radical (unpaired) electrons. The van der Waals surface area contributed by atoms with Crippen molar-refractivity contribution in [3.8, 4) is 17.2 Å². The van der Waals surface area contributed by atoms with E-state index in [-0.39, 0.29) is 5.11 Å². The van der Waals surface area contributed by atoms with Crippen LogP contribution in [0.1, 0.15) is 21.5 Å². The van der Waals surface area contributed by atoms with Crippen LogP contribution in [-0.4, -0.2) is 32.3 Å². The minimum atomic E-state index is -0.403. The summed E-state index contributed by atoms with van der Waals surface area (Å²) in [5, 5.41) is 3.33. The van der Waals surface area contributed by atoms with E-state index in [0.29, 0.717) is 22.8 Å². The van der Waals surface area contributed by atoms with Gasteiger partial charge in [0.1, 0.15) is 0 Å². The summed E-state index contributed by atoms with van der Waals surface area (Å²) in [5.41, 5.74) is 8.66. The van der Waals surface area contributed by atoms with Gasteiger partial charge < -0.3 is 19.5 Å². The summed E-state index contributed by atoms with van der Waals surface area (Å²) in [7, 11) is 4.47. The normalized spacial score (nSPS) is 9.96. The number of hydrogen-bond acceptors (Lipinski definition) is 5. The predicted octanol–water partition coefficient (Wildman–Crippen LogP) is 2.96. The van der Waals surface area contributed by atoms with E-state index < -0.39 is 5.91 Å². The maximum atomic E-state index is 12.4. The second-order valence-electron chi connectivity index (χ2n) is 5.69. The first-order chi connectivity index (χ1) is 12.9. The molecule has 0 aliphatic heterocycles. The summed E-state index contributed by atoms with van der Waals surface area (Å²) in [6.07, 6.45) is 0. The molecule has 0 saturated heterocycles. The zero-order valence-electron chi connectivity index (χ0n) is 15.9. The number of benzene rings is 2. The highest BCUT2D eigenvalue weighted by Crippen LogP contribution is 2.38. The molecule has 1 amide bonds. The van der Waals surface area contributed by atoms with Crippen molar-refractivity contribution >= 4 is 28.9 Å². The third-order valence-corrected chi connectivity index (χ3v) is 4.27. The number of ether oxygens (including phenoxy) is 3. The smallest absolute Gasteiger partial charge is 0.269 e. The quantitative estimate of drug-likeness (QED) is 0.536. The second kappa shape index (κ2) is 9.09. The molecule has 0 saturated carbocycles. The Morgan fingerprint density at radius 3 is 2.15 bits per heavy atom. The lowest BCUT2D eigenvalue weighted by atomic mass is 10.1. The Morgan fingerprint density at radius 1 is 0.963 bits per heavy atom. The molecule has 3 N–H and O–H groups in total. The molecule has 2 rings (SSSR count). The van der Waals surface area contributed by atoms with Crippen molar-refractivity contribution in [1.29, 1.82) is 0 Å². The van der Waals surface area contributed by atoms with Gasteiger partial charge in [-0.1, -0.05) is 12.1 Å². The van der Waals surface area contributed by atoms with Gasteiger partial charge in [0, 0.05) is 11.3 Å². The number of anilines is 1. The van der Waals surface area contributed by atoms with Gasteiger partial charge >= 0.3 is 0 Å². The molecule has 27 heavy (non-hydrogen) atoms. The Balaban J connectivity index is 2.07. The van der Waals surface area contributed by atoms with Crippen LogP contribution in [0.4, 0.5) is 5.69 Å². The monoisotopic (exact) mass is 389 g/mol. The highest BCUT2D eigenvalue weighted by atomic mass is 32.1. The number of hydrazine groups is 1. The molecule has 0 aliphatic rings. The summed E-state index contributed by atoms with van der Waals surface area (Å²) in [6, 6.07) is 8.97. The number of carbonyl (C=O) groups excluding carboxylic acids is 1. The minimum absolute atomic E-state index is 0.268. The molecule has 0 heterocycles. The zero-order chi connectivity index (χ0) is 20.0. The van der Waals surface area contributed by atoms with Gasteiger partial charge in [-0.15, -0.1) is 0 Å². The largest absolute Gasteiger partial charge is 0.493 e. The topological polar surface area (TPSA) is 80.9 Å². The van der Waals surface area contributed by atoms with E-state index in [4.69, 9.17) is 26.4 Å². The van der Waals surface area contributed by atoms with Crippen LogP contribution in [0, 0.1) is 13.8 Å². The molecule has 0 unspecified atom stereocenters. The SMILES string of the molecule is COc1cc(C(=O)NNC(=S)Nc2cccc(C)c2C)cc(OC)c1OC. The number of nitrogens with one attached hydrogen (secondary N) is 3.